The molecule has 0 N–H and O–H groups in total. The number of benzene rings is 1. The van der Waals surface area contributed by atoms with Crippen LogP contribution < -0.4 is 0 Å². The van der Waals surface area contributed by atoms with Crippen molar-refractivity contribution >= 4 is 15.9 Å². The first-order chi connectivity index (χ1) is 9.33. The minimum atomic E-state index is 0.490. The molecule has 1 saturated heterocycles. The van der Waals surface area contributed by atoms with Crippen molar-refractivity contribution in [3.63, 3.8) is 0 Å². The third kappa shape index (κ3) is 3.41. The van der Waals surface area contributed by atoms with Crippen molar-refractivity contribution in [2.24, 2.45) is 0 Å². The average molecular weight is 323 g/mol. The second kappa shape index (κ2) is 6.41. The van der Waals surface area contributed by atoms with Crippen molar-refractivity contribution < 1.29 is 4.74 Å². The summed E-state index contributed by atoms with van der Waals surface area (Å²) in [5.74, 6) is 0. The van der Waals surface area contributed by atoms with E-state index in [2.05, 4.69) is 34.1 Å². The van der Waals surface area contributed by atoms with Gasteiger partial charge in [-0.25, -0.2) is 0 Å². The Morgan fingerprint density at radius 1 is 1.16 bits per heavy atom. The maximum Gasteiger partial charge on any atom is 0.0576 e. The van der Waals surface area contributed by atoms with Gasteiger partial charge in [-0.1, -0.05) is 34.1 Å². The first-order valence-corrected chi connectivity index (χ1v) is 8.62. The van der Waals surface area contributed by atoms with E-state index in [1.807, 2.05) is 0 Å². The number of fused-ring (bicyclic) bond motifs is 1. The van der Waals surface area contributed by atoms with E-state index in [1.165, 1.54) is 56.9 Å². The summed E-state index contributed by atoms with van der Waals surface area (Å²) in [5.41, 5.74) is 4.62. The van der Waals surface area contributed by atoms with Crippen molar-refractivity contribution in [3.05, 3.63) is 34.9 Å². The maximum atomic E-state index is 5.71. The molecule has 0 aromatic heterocycles. The Bertz CT molecular complexity index is 423. The number of alkyl halides is 1. The lowest BCUT2D eigenvalue weighted by atomic mass is 9.89. The molecule has 104 valence electrons. The Morgan fingerprint density at radius 2 is 2.00 bits per heavy atom. The molecule has 2 atom stereocenters. The molecule has 1 heterocycles. The molecule has 1 aliphatic carbocycles. The zero-order valence-corrected chi connectivity index (χ0v) is 13.1. The van der Waals surface area contributed by atoms with Gasteiger partial charge in [-0.3, -0.25) is 0 Å². The van der Waals surface area contributed by atoms with Crippen LogP contribution >= 0.6 is 15.9 Å². The van der Waals surface area contributed by atoms with E-state index in [0.29, 0.717) is 10.9 Å². The molecule has 2 heteroatoms. The first-order valence-electron chi connectivity index (χ1n) is 7.70. The molecule has 19 heavy (non-hydrogen) atoms. The lowest BCUT2D eigenvalue weighted by molar-refractivity contribution is 0.102. The van der Waals surface area contributed by atoms with Crippen LogP contribution in [-0.4, -0.2) is 12.7 Å². The molecular formula is C17H23BrO. The maximum absolute atomic E-state index is 5.71. The highest BCUT2D eigenvalue weighted by Gasteiger charge is 2.18. The lowest BCUT2D eigenvalue weighted by Gasteiger charge is -2.19. The molecule has 2 aliphatic rings. The van der Waals surface area contributed by atoms with Crippen LogP contribution in [0.5, 0.6) is 0 Å². The third-order valence-electron chi connectivity index (χ3n) is 4.50. The molecule has 1 aromatic rings. The van der Waals surface area contributed by atoms with E-state index in [-0.39, 0.29) is 0 Å². The molecule has 0 amide bonds. The average Bonchev–Trinajstić information content (AvgIpc) is 2.97. The quantitative estimate of drug-likeness (QED) is 0.712. The van der Waals surface area contributed by atoms with E-state index in [0.717, 1.165) is 6.61 Å². The number of hydrogen-bond acceptors (Lipinski definition) is 1. The van der Waals surface area contributed by atoms with Gasteiger partial charge in [0.1, 0.15) is 0 Å². The van der Waals surface area contributed by atoms with Gasteiger partial charge in [-0.15, -0.1) is 0 Å². The number of halogens is 1. The number of ether oxygens (including phenoxy) is 1. The molecule has 1 nitrogen and oxygen atoms in total. The van der Waals surface area contributed by atoms with Gasteiger partial charge in [0.2, 0.25) is 0 Å². The standard InChI is InChI=1S/C17H23BrO/c18-17(10-9-16-6-3-11-19-16)15-8-7-13-4-1-2-5-14(13)12-15/h7-8,12,16-17H,1-6,9-11H2. The lowest BCUT2D eigenvalue weighted by Crippen LogP contribution is -2.07. The van der Waals surface area contributed by atoms with Crippen LogP contribution in [-0.2, 0) is 17.6 Å². The van der Waals surface area contributed by atoms with Crippen molar-refractivity contribution in [3.8, 4) is 0 Å². The van der Waals surface area contributed by atoms with Crippen molar-refractivity contribution in [2.75, 3.05) is 6.61 Å². The molecule has 1 aliphatic heterocycles. The van der Waals surface area contributed by atoms with Crippen LogP contribution in [0.4, 0.5) is 0 Å². The van der Waals surface area contributed by atoms with Crippen LogP contribution in [0.2, 0.25) is 0 Å². The Balaban J connectivity index is 1.60. The van der Waals surface area contributed by atoms with Crippen LogP contribution in [0, 0.1) is 0 Å². The topological polar surface area (TPSA) is 9.23 Å². The van der Waals surface area contributed by atoms with Crippen molar-refractivity contribution in [1.29, 1.82) is 0 Å². The predicted molar refractivity (Wildman–Crippen MR) is 83.0 cm³/mol. The first kappa shape index (κ1) is 13.6. The highest BCUT2D eigenvalue weighted by atomic mass is 79.9. The van der Waals surface area contributed by atoms with E-state index in [4.69, 9.17) is 4.74 Å². The van der Waals surface area contributed by atoms with E-state index < -0.39 is 0 Å². The molecule has 3 rings (SSSR count). The van der Waals surface area contributed by atoms with Crippen LogP contribution in [0.1, 0.15) is 60.0 Å². The number of rotatable bonds is 4. The summed E-state index contributed by atoms with van der Waals surface area (Å²) in [6, 6.07) is 7.10. The van der Waals surface area contributed by atoms with Gasteiger partial charge in [0.05, 0.1) is 6.10 Å². The summed E-state index contributed by atoms with van der Waals surface area (Å²) in [4.78, 5) is 0.490. The molecule has 2 unspecified atom stereocenters. The zero-order valence-electron chi connectivity index (χ0n) is 11.5. The van der Waals surface area contributed by atoms with E-state index >= 15 is 0 Å². The Morgan fingerprint density at radius 3 is 2.79 bits per heavy atom. The number of hydrogen-bond donors (Lipinski definition) is 0. The van der Waals surface area contributed by atoms with Crippen LogP contribution in [0.3, 0.4) is 0 Å². The van der Waals surface area contributed by atoms with E-state index in [1.54, 1.807) is 11.1 Å². The summed E-state index contributed by atoms with van der Waals surface area (Å²) in [6.45, 7) is 0.969. The fourth-order valence-electron chi connectivity index (χ4n) is 3.32. The summed E-state index contributed by atoms with van der Waals surface area (Å²) < 4.78 is 5.71. The highest BCUT2D eigenvalue weighted by Crippen LogP contribution is 2.33. The monoisotopic (exact) mass is 322 g/mol. The van der Waals surface area contributed by atoms with Gasteiger partial charge < -0.3 is 4.74 Å². The summed E-state index contributed by atoms with van der Waals surface area (Å²) in [7, 11) is 0. The second-order valence-corrected chi connectivity index (χ2v) is 7.02. The fraction of sp³-hybridized carbons (Fsp3) is 0.647. The molecular weight excluding hydrogens is 300 g/mol. The van der Waals surface area contributed by atoms with Gasteiger partial charge in [0, 0.05) is 11.4 Å². The van der Waals surface area contributed by atoms with Gasteiger partial charge in [-0.05, 0) is 68.1 Å². The van der Waals surface area contributed by atoms with Crippen LogP contribution in [0.15, 0.2) is 18.2 Å². The zero-order chi connectivity index (χ0) is 13.1. The van der Waals surface area contributed by atoms with Crippen molar-refractivity contribution in [1.82, 2.24) is 0 Å². The molecule has 1 fully saturated rings. The summed E-state index contributed by atoms with van der Waals surface area (Å²) >= 11 is 3.87. The largest absolute Gasteiger partial charge is 0.378 e. The third-order valence-corrected chi connectivity index (χ3v) is 5.49. The molecule has 0 bridgehead atoms. The minimum Gasteiger partial charge on any atom is -0.378 e. The molecule has 0 spiro atoms. The SMILES string of the molecule is BrC(CCC1CCCO1)c1ccc2c(c1)CCCC2. The van der Waals surface area contributed by atoms with E-state index in [9.17, 15) is 0 Å². The summed E-state index contributed by atoms with van der Waals surface area (Å²) in [5, 5.41) is 0. The summed E-state index contributed by atoms with van der Waals surface area (Å²) in [6.07, 6.45) is 10.7. The normalized spacial score (nSPS) is 24.2. The van der Waals surface area contributed by atoms with Gasteiger partial charge in [-0.2, -0.15) is 0 Å². The Hall–Kier alpha value is -0.340. The molecule has 0 radical (unpaired) electrons. The van der Waals surface area contributed by atoms with Gasteiger partial charge in [0.25, 0.3) is 0 Å². The van der Waals surface area contributed by atoms with Gasteiger partial charge in [0.15, 0.2) is 0 Å². The van der Waals surface area contributed by atoms with Gasteiger partial charge >= 0.3 is 0 Å². The Labute approximate surface area is 124 Å². The molecule has 1 aromatic carbocycles. The smallest absolute Gasteiger partial charge is 0.0576 e. The highest BCUT2D eigenvalue weighted by molar-refractivity contribution is 9.09. The fourth-order valence-corrected chi connectivity index (χ4v) is 3.87. The Kier molecular flexibility index (Phi) is 4.60. The van der Waals surface area contributed by atoms with Crippen LogP contribution in [0.25, 0.3) is 0 Å². The molecule has 0 saturated carbocycles. The number of aryl methyl sites for hydroxylation is 2. The second-order valence-electron chi connectivity index (χ2n) is 5.92. The minimum absolute atomic E-state index is 0.490. The predicted octanol–water partition coefficient (Wildman–Crippen LogP) is 4.96. The van der Waals surface area contributed by atoms with Crippen molar-refractivity contribution in [2.45, 2.75) is 62.3 Å².